The zero-order valence-corrected chi connectivity index (χ0v) is 19.1. The molecule has 0 saturated carbocycles. The maximum absolute atomic E-state index is 13.2. The fourth-order valence-electron chi connectivity index (χ4n) is 4.58. The molecule has 0 spiro atoms. The van der Waals surface area contributed by atoms with E-state index >= 15 is 0 Å². The van der Waals surface area contributed by atoms with E-state index in [9.17, 15) is 9.59 Å². The largest absolute Gasteiger partial charge is 0.352 e. The van der Waals surface area contributed by atoms with Crippen molar-refractivity contribution in [3.8, 4) is 5.69 Å². The van der Waals surface area contributed by atoms with Gasteiger partial charge in [-0.3, -0.25) is 14.7 Å². The highest BCUT2D eigenvalue weighted by Gasteiger charge is 2.29. The second kappa shape index (κ2) is 9.46. The van der Waals surface area contributed by atoms with Crippen LogP contribution in [0, 0.1) is 6.92 Å². The van der Waals surface area contributed by atoms with Crippen LogP contribution >= 0.6 is 0 Å². The van der Waals surface area contributed by atoms with Crippen molar-refractivity contribution < 1.29 is 9.59 Å². The SMILES string of the molecule is Cc1cc(C(=O)NCCC2CCCCN2C(=O)c2ncn(-c3ccccc3)n2)cc2cn[nH]c12. The van der Waals surface area contributed by atoms with Crippen LogP contribution < -0.4 is 5.32 Å². The van der Waals surface area contributed by atoms with Gasteiger partial charge in [0.1, 0.15) is 6.33 Å². The summed E-state index contributed by atoms with van der Waals surface area (Å²) in [6.07, 6.45) is 6.89. The lowest BCUT2D eigenvalue weighted by atomic mass is 9.99. The molecule has 2 aromatic heterocycles. The van der Waals surface area contributed by atoms with E-state index in [1.165, 1.54) is 0 Å². The molecular weight excluding hydrogens is 430 g/mol. The minimum atomic E-state index is -0.160. The minimum absolute atomic E-state index is 0.0447. The summed E-state index contributed by atoms with van der Waals surface area (Å²) in [7, 11) is 0. The number of hydrogen-bond acceptors (Lipinski definition) is 5. The highest BCUT2D eigenvalue weighted by molar-refractivity contribution is 5.98. The summed E-state index contributed by atoms with van der Waals surface area (Å²) in [5.74, 6) is -0.0847. The lowest BCUT2D eigenvalue weighted by Gasteiger charge is -2.35. The molecule has 1 aliphatic rings. The van der Waals surface area contributed by atoms with E-state index in [2.05, 4.69) is 25.6 Å². The van der Waals surface area contributed by atoms with Crippen LogP contribution in [-0.2, 0) is 0 Å². The van der Waals surface area contributed by atoms with Crippen LogP contribution in [0.25, 0.3) is 16.6 Å². The van der Waals surface area contributed by atoms with Crippen LogP contribution in [0.15, 0.2) is 55.0 Å². The number of likely N-dealkylation sites (tertiary alicyclic amines) is 1. The van der Waals surface area contributed by atoms with Crippen LogP contribution in [-0.4, -0.2) is 60.8 Å². The summed E-state index contributed by atoms with van der Waals surface area (Å²) in [4.78, 5) is 32.1. The molecule has 4 aromatic rings. The molecule has 174 valence electrons. The van der Waals surface area contributed by atoms with Crippen molar-refractivity contribution in [2.24, 2.45) is 0 Å². The molecule has 5 rings (SSSR count). The van der Waals surface area contributed by atoms with Gasteiger partial charge < -0.3 is 10.2 Å². The van der Waals surface area contributed by atoms with Gasteiger partial charge in [0, 0.05) is 30.1 Å². The molecule has 0 bridgehead atoms. The number of piperidine rings is 1. The number of carbonyl (C=O) groups excluding carboxylic acids is 2. The Hall–Kier alpha value is -4.01. The Balaban J connectivity index is 1.22. The molecule has 1 unspecified atom stereocenters. The second-order valence-corrected chi connectivity index (χ2v) is 8.67. The molecule has 9 nitrogen and oxygen atoms in total. The van der Waals surface area contributed by atoms with Crippen LogP contribution in [0.3, 0.4) is 0 Å². The van der Waals surface area contributed by atoms with E-state index in [4.69, 9.17) is 0 Å². The molecule has 34 heavy (non-hydrogen) atoms. The first-order chi connectivity index (χ1) is 16.6. The monoisotopic (exact) mass is 457 g/mol. The number of nitrogens with one attached hydrogen (secondary N) is 2. The van der Waals surface area contributed by atoms with Gasteiger partial charge in [-0.05, 0) is 62.4 Å². The number of benzene rings is 2. The third-order valence-electron chi connectivity index (χ3n) is 6.36. The van der Waals surface area contributed by atoms with E-state index in [-0.39, 0.29) is 23.7 Å². The average molecular weight is 458 g/mol. The first-order valence-corrected chi connectivity index (χ1v) is 11.6. The average Bonchev–Trinajstić information content (AvgIpc) is 3.55. The molecule has 1 saturated heterocycles. The Labute approximate surface area is 197 Å². The summed E-state index contributed by atoms with van der Waals surface area (Å²) in [6.45, 7) is 3.12. The minimum Gasteiger partial charge on any atom is -0.352 e. The quantitative estimate of drug-likeness (QED) is 0.462. The number of H-pyrrole nitrogens is 1. The molecule has 1 atom stereocenters. The lowest BCUT2D eigenvalue weighted by Crippen LogP contribution is -2.45. The van der Waals surface area contributed by atoms with Gasteiger partial charge in [0.25, 0.3) is 11.8 Å². The number of nitrogens with zero attached hydrogens (tertiary/aromatic N) is 5. The molecule has 3 heterocycles. The number of aromatic nitrogens is 5. The Kier molecular flexibility index (Phi) is 6.07. The number of amides is 2. The highest BCUT2D eigenvalue weighted by Crippen LogP contribution is 2.22. The fraction of sp³-hybridized carbons (Fsp3) is 0.320. The number of para-hydroxylation sites is 1. The summed E-state index contributed by atoms with van der Waals surface area (Å²) in [5, 5.41) is 15.3. The number of rotatable bonds is 6. The van der Waals surface area contributed by atoms with Crippen molar-refractivity contribution in [1.82, 2.24) is 35.2 Å². The van der Waals surface area contributed by atoms with Crippen LogP contribution in [0.2, 0.25) is 0 Å². The van der Waals surface area contributed by atoms with Crippen molar-refractivity contribution in [3.05, 3.63) is 71.9 Å². The molecule has 2 aromatic carbocycles. The predicted octanol–water partition coefficient (Wildman–Crippen LogP) is 3.27. The van der Waals surface area contributed by atoms with Gasteiger partial charge in [0.15, 0.2) is 0 Å². The van der Waals surface area contributed by atoms with Crippen LogP contribution in [0.1, 0.15) is 52.2 Å². The van der Waals surface area contributed by atoms with Gasteiger partial charge >= 0.3 is 0 Å². The van der Waals surface area contributed by atoms with Crippen molar-refractivity contribution in [2.75, 3.05) is 13.1 Å². The molecule has 9 heteroatoms. The third-order valence-corrected chi connectivity index (χ3v) is 6.36. The molecule has 0 aliphatic carbocycles. The Morgan fingerprint density at radius 3 is 2.88 bits per heavy atom. The summed E-state index contributed by atoms with van der Waals surface area (Å²) >= 11 is 0. The molecule has 1 aliphatic heterocycles. The Bertz CT molecular complexity index is 1310. The third kappa shape index (κ3) is 4.41. The predicted molar refractivity (Wildman–Crippen MR) is 128 cm³/mol. The molecule has 2 amide bonds. The van der Waals surface area contributed by atoms with Crippen molar-refractivity contribution in [1.29, 1.82) is 0 Å². The van der Waals surface area contributed by atoms with Crippen LogP contribution in [0.5, 0.6) is 0 Å². The number of aryl methyl sites for hydroxylation is 1. The van der Waals surface area contributed by atoms with Gasteiger partial charge in [-0.15, -0.1) is 5.10 Å². The van der Waals surface area contributed by atoms with Crippen LogP contribution in [0.4, 0.5) is 0 Å². The highest BCUT2D eigenvalue weighted by atomic mass is 16.2. The van der Waals surface area contributed by atoms with E-state index in [1.807, 2.05) is 54.3 Å². The van der Waals surface area contributed by atoms with Gasteiger partial charge in [-0.25, -0.2) is 9.67 Å². The first-order valence-electron chi connectivity index (χ1n) is 11.6. The van der Waals surface area contributed by atoms with Gasteiger partial charge in [-0.2, -0.15) is 5.10 Å². The molecular formula is C25H27N7O2. The molecule has 0 radical (unpaired) electrons. The smallest absolute Gasteiger partial charge is 0.293 e. The zero-order valence-electron chi connectivity index (χ0n) is 19.1. The van der Waals surface area contributed by atoms with E-state index in [0.717, 1.165) is 41.4 Å². The maximum Gasteiger partial charge on any atom is 0.293 e. The van der Waals surface area contributed by atoms with E-state index in [1.54, 1.807) is 17.2 Å². The molecule has 1 fully saturated rings. The zero-order chi connectivity index (χ0) is 23.5. The Morgan fingerprint density at radius 1 is 1.18 bits per heavy atom. The summed E-state index contributed by atoms with van der Waals surface area (Å²) in [5.41, 5.74) is 3.39. The summed E-state index contributed by atoms with van der Waals surface area (Å²) in [6, 6.07) is 13.4. The number of fused-ring (bicyclic) bond motifs is 1. The number of carbonyl (C=O) groups is 2. The first kappa shape index (κ1) is 21.8. The standard InChI is InChI=1S/C25H27N7O2/c1-17-13-18(14-19-15-28-29-22(17)19)24(33)26-11-10-20-7-5-6-12-31(20)25(34)23-27-16-32(30-23)21-8-3-2-4-9-21/h2-4,8-9,13-16,20H,5-7,10-12H2,1H3,(H,26,33)(H,28,29). The van der Waals surface area contributed by atoms with E-state index in [0.29, 0.717) is 25.1 Å². The van der Waals surface area contributed by atoms with Crippen molar-refractivity contribution >= 4 is 22.7 Å². The maximum atomic E-state index is 13.2. The number of aromatic amines is 1. The normalized spacial score (nSPS) is 16.0. The number of hydrogen-bond donors (Lipinski definition) is 2. The fourth-order valence-corrected chi connectivity index (χ4v) is 4.58. The van der Waals surface area contributed by atoms with Gasteiger partial charge in [-0.1, -0.05) is 18.2 Å². The summed E-state index contributed by atoms with van der Waals surface area (Å²) < 4.78 is 1.62. The van der Waals surface area contributed by atoms with Crippen molar-refractivity contribution in [2.45, 2.75) is 38.6 Å². The van der Waals surface area contributed by atoms with E-state index < -0.39 is 0 Å². The molecule has 2 N–H and O–H groups in total. The van der Waals surface area contributed by atoms with Crippen molar-refractivity contribution in [3.63, 3.8) is 0 Å². The lowest BCUT2D eigenvalue weighted by molar-refractivity contribution is 0.0589. The second-order valence-electron chi connectivity index (χ2n) is 8.67. The van der Waals surface area contributed by atoms with Gasteiger partial charge in [0.2, 0.25) is 5.82 Å². The van der Waals surface area contributed by atoms with Gasteiger partial charge in [0.05, 0.1) is 17.4 Å². The topological polar surface area (TPSA) is 109 Å². The Morgan fingerprint density at radius 2 is 2.03 bits per heavy atom.